The van der Waals surface area contributed by atoms with Gasteiger partial charge in [-0.2, -0.15) is 0 Å². The molecular weight excluding hydrogens is 343 g/mol. The summed E-state index contributed by atoms with van der Waals surface area (Å²) in [5.74, 6) is -0.350. The van der Waals surface area contributed by atoms with Gasteiger partial charge in [-0.05, 0) is 37.6 Å². The second-order valence-corrected chi connectivity index (χ2v) is 7.61. The Bertz CT molecular complexity index is 877. The van der Waals surface area contributed by atoms with E-state index < -0.39 is 0 Å². The zero-order valence-electron chi connectivity index (χ0n) is 13.5. The van der Waals surface area contributed by atoms with Crippen molar-refractivity contribution in [2.45, 2.75) is 31.3 Å². The first-order valence-electron chi connectivity index (χ1n) is 8.26. The number of nitrogens with one attached hydrogen (secondary N) is 2. The lowest BCUT2D eigenvalue weighted by Gasteiger charge is -2.23. The molecule has 2 N–H and O–H groups in total. The maximum Gasteiger partial charge on any atom is 0.148 e. The van der Waals surface area contributed by atoms with Crippen molar-refractivity contribution >= 4 is 43.6 Å². The molecule has 1 aromatic heterocycles. The average molecular weight is 362 g/mol. The van der Waals surface area contributed by atoms with Gasteiger partial charge in [0.25, 0.3) is 0 Å². The van der Waals surface area contributed by atoms with E-state index >= 15 is 0 Å². The van der Waals surface area contributed by atoms with Crippen LogP contribution in [0.3, 0.4) is 0 Å². The number of likely N-dealkylation sites (N-methyl/N-ethyl adjacent to an activating group) is 1. The molecule has 3 radical (unpaired) electrons. The summed E-state index contributed by atoms with van der Waals surface area (Å²) in [6.45, 7) is 1.52. The Labute approximate surface area is 148 Å². The zero-order chi connectivity index (χ0) is 17.0. The third kappa shape index (κ3) is 2.48. The van der Waals surface area contributed by atoms with E-state index in [2.05, 4.69) is 20.1 Å². The normalized spacial score (nSPS) is 21.0. The van der Waals surface area contributed by atoms with Gasteiger partial charge in [0, 0.05) is 36.8 Å². The number of benzene rings is 1. The Hall–Kier alpha value is -1.37. The van der Waals surface area contributed by atoms with Gasteiger partial charge in [0.15, 0.2) is 0 Å². The van der Waals surface area contributed by atoms with Crippen LogP contribution in [0.1, 0.15) is 25.3 Å². The molecular formula is C17H19ClFN4Si. The quantitative estimate of drug-likeness (QED) is 0.819. The van der Waals surface area contributed by atoms with Gasteiger partial charge in [-0.25, -0.2) is 4.39 Å². The predicted molar refractivity (Wildman–Crippen MR) is 96.1 cm³/mol. The minimum Gasteiger partial charge on any atom is -0.366 e. The topological polar surface area (TPSA) is 44.1 Å². The average Bonchev–Trinajstić information content (AvgIpc) is 3.29. The van der Waals surface area contributed by atoms with E-state index in [1.54, 1.807) is 0 Å². The molecule has 0 spiro atoms. The smallest absolute Gasteiger partial charge is 0.148 e. The fourth-order valence-corrected chi connectivity index (χ4v) is 4.27. The van der Waals surface area contributed by atoms with E-state index in [9.17, 15) is 4.39 Å². The Morgan fingerprint density at radius 3 is 2.75 bits per heavy atom. The number of nitrogens with zero attached hydrogens (tertiary/aromatic N) is 2. The molecule has 0 bridgehead atoms. The minimum absolute atomic E-state index is 0.278. The number of aromatic nitrogens is 1. The van der Waals surface area contributed by atoms with Crippen molar-refractivity contribution < 1.29 is 4.39 Å². The third-order valence-corrected chi connectivity index (χ3v) is 5.82. The standard InChI is InChI=1S/C17H19ClFN4Si/c1-21-9-4-5-22(7-9)17-12(19)6-11-15(20)13(24)8-23(10-2-3-10)16(11)14(17)18/h6,8-10,20-21H,2-5,7H2,1H3. The molecule has 7 heteroatoms. The first-order valence-corrected chi connectivity index (χ1v) is 9.14. The predicted octanol–water partition coefficient (Wildman–Crippen LogP) is 1.84. The molecule has 1 aliphatic heterocycles. The van der Waals surface area contributed by atoms with Crippen LogP contribution in [0.4, 0.5) is 10.1 Å². The van der Waals surface area contributed by atoms with Crippen molar-refractivity contribution in [2.24, 2.45) is 0 Å². The summed E-state index contributed by atoms with van der Waals surface area (Å²) in [6, 6.07) is 2.21. The molecule has 4 nitrogen and oxygen atoms in total. The summed E-state index contributed by atoms with van der Waals surface area (Å²) in [7, 11) is 5.41. The molecule has 2 aliphatic rings. The lowest BCUT2D eigenvalue weighted by atomic mass is 10.1. The maximum absolute atomic E-state index is 14.9. The van der Waals surface area contributed by atoms with E-state index in [1.807, 2.05) is 18.1 Å². The summed E-state index contributed by atoms with van der Waals surface area (Å²) in [5.41, 5.74) is 1.24. The third-order valence-electron chi connectivity index (χ3n) is 5.09. The van der Waals surface area contributed by atoms with Crippen LogP contribution < -0.4 is 20.8 Å². The van der Waals surface area contributed by atoms with Crippen molar-refractivity contribution in [1.29, 1.82) is 5.41 Å². The highest BCUT2D eigenvalue weighted by atomic mass is 35.5. The van der Waals surface area contributed by atoms with Crippen LogP contribution in [0.5, 0.6) is 0 Å². The van der Waals surface area contributed by atoms with Gasteiger partial charge in [-0.3, -0.25) is 0 Å². The van der Waals surface area contributed by atoms with Gasteiger partial charge in [0.2, 0.25) is 0 Å². The summed E-state index contributed by atoms with van der Waals surface area (Å²) in [4.78, 5) is 2.01. The van der Waals surface area contributed by atoms with Crippen LogP contribution in [0.25, 0.3) is 10.9 Å². The monoisotopic (exact) mass is 361 g/mol. The molecule has 1 unspecified atom stereocenters. The van der Waals surface area contributed by atoms with E-state index in [1.165, 1.54) is 6.07 Å². The van der Waals surface area contributed by atoms with E-state index in [4.69, 9.17) is 17.0 Å². The Kier molecular flexibility index (Phi) is 3.93. The minimum atomic E-state index is -0.350. The SMILES string of the molecule is CNC1CCN(c2c(F)cc3c(=N)c([Si])cn(C4CC4)c3c2Cl)C1. The molecule has 2 fully saturated rings. The zero-order valence-corrected chi connectivity index (χ0v) is 15.3. The molecule has 24 heavy (non-hydrogen) atoms. The number of hydrogen-bond donors (Lipinski definition) is 2. The van der Waals surface area contributed by atoms with Crippen LogP contribution in [0.15, 0.2) is 12.3 Å². The number of anilines is 1. The van der Waals surface area contributed by atoms with E-state index in [0.29, 0.717) is 33.4 Å². The van der Waals surface area contributed by atoms with E-state index in [0.717, 1.165) is 37.9 Å². The van der Waals surface area contributed by atoms with Gasteiger partial charge in [-0.15, -0.1) is 0 Å². The molecule has 1 aliphatic carbocycles. The van der Waals surface area contributed by atoms with Crippen molar-refractivity contribution in [2.75, 3.05) is 25.0 Å². The molecule has 1 saturated heterocycles. The van der Waals surface area contributed by atoms with Crippen LogP contribution in [-0.2, 0) is 0 Å². The summed E-state index contributed by atoms with van der Waals surface area (Å²) >= 11 is 6.70. The van der Waals surface area contributed by atoms with Crippen molar-refractivity contribution in [3.63, 3.8) is 0 Å². The van der Waals surface area contributed by atoms with Crippen LogP contribution in [0, 0.1) is 11.2 Å². The highest BCUT2D eigenvalue weighted by molar-refractivity contribution is 6.38. The summed E-state index contributed by atoms with van der Waals surface area (Å²) in [5, 5.41) is 13.4. The molecule has 1 aromatic carbocycles. The summed E-state index contributed by atoms with van der Waals surface area (Å²) < 4.78 is 17.0. The molecule has 4 rings (SSSR count). The number of rotatable bonds is 3. The van der Waals surface area contributed by atoms with Crippen LogP contribution in [-0.4, -0.2) is 41.0 Å². The van der Waals surface area contributed by atoms with Crippen molar-refractivity contribution in [1.82, 2.24) is 9.88 Å². The number of hydrogen-bond acceptors (Lipinski definition) is 3. The number of halogens is 2. The van der Waals surface area contributed by atoms with Gasteiger partial charge >= 0.3 is 0 Å². The first-order chi connectivity index (χ1) is 11.5. The van der Waals surface area contributed by atoms with Crippen molar-refractivity contribution in [3.05, 3.63) is 28.5 Å². The number of pyridine rings is 1. The second kappa shape index (κ2) is 5.86. The second-order valence-electron chi connectivity index (χ2n) is 6.69. The number of fused-ring (bicyclic) bond motifs is 1. The van der Waals surface area contributed by atoms with Gasteiger partial charge in [0.1, 0.15) is 5.82 Å². The fourth-order valence-electron chi connectivity index (χ4n) is 3.58. The van der Waals surface area contributed by atoms with Gasteiger partial charge in [-0.1, -0.05) is 11.6 Å². The van der Waals surface area contributed by atoms with Gasteiger partial charge < -0.3 is 20.2 Å². The Morgan fingerprint density at radius 1 is 1.38 bits per heavy atom. The highest BCUT2D eigenvalue weighted by Gasteiger charge is 2.30. The lowest BCUT2D eigenvalue weighted by Crippen LogP contribution is -2.31. The van der Waals surface area contributed by atoms with Crippen LogP contribution in [0.2, 0.25) is 5.02 Å². The highest BCUT2D eigenvalue weighted by Crippen LogP contribution is 2.42. The fraction of sp³-hybridized carbons (Fsp3) is 0.471. The largest absolute Gasteiger partial charge is 0.366 e. The first kappa shape index (κ1) is 16.1. The molecule has 1 saturated carbocycles. The Balaban J connectivity index is 1.95. The molecule has 2 heterocycles. The van der Waals surface area contributed by atoms with Gasteiger partial charge in [0.05, 0.1) is 31.8 Å². The maximum atomic E-state index is 14.9. The molecule has 0 amide bonds. The van der Waals surface area contributed by atoms with Crippen LogP contribution >= 0.6 is 11.6 Å². The summed E-state index contributed by atoms with van der Waals surface area (Å²) in [6.07, 6.45) is 5.07. The molecule has 1 atom stereocenters. The lowest BCUT2D eigenvalue weighted by molar-refractivity contribution is 0.609. The molecule has 2 aromatic rings. The van der Waals surface area contributed by atoms with Crippen molar-refractivity contribution in [3.8, 4) is 0 Å². The Morgan fingerprint density at radius 2 is 2.12 bits per heavy atom. The van der Waals surface area contributed by atoms with E-state index in [-0.39, 0.29) is 11.2 Å². The molecule has 125 valence electrons.